The first-order valence-electron chi connectivity index (χ1n) is 8.44. The van der Waals surface area contributed by atoms with E-state index in [0.29, 0.717) is 0 Å². The second-order valence-electron chi connectivity index (χ2n) is 6.50. The van der Waals surface area contributed by atoms with E-state index in [1.165, 1.54) is 12.7 Å². The molecule has 0 bridgehead atoms. The molecule has 1 fully saturated rings. The summed E-state index contributed by atoms with van der Waals surface area (Å²) in [5.41, 5.74) is 4.36. The van der Waals surface area contributed by atoms with Crippen LogP contribution in [0.5, 0.6) is 0 Å². The molecule has 126 valence electrons. The lowest BCUT2D eigenvalue weighted by molar-refractivity contribution is -0.142. The van der Waals surface area contributed by atoms with Gasteiger partial charge in [-0.1, -0.05) is 42.5 Å². The second-order valence-corrected chi connectivity index (χ2v) is 6.50. The molecular weight excluding hydrogens is 312 g/mol. The summed E-state index contributed by atoms with van der Waals surface area (Å²) < 4.78 is 6.88. The normalized spacial score (nSPS) is 21.8. The number of ether oxygens (including phenoxy) is 1. The van der Waals surface area contributed by atoms with E-state index in [1.54, 1.807) is 0 Å². The topological polar surface area (TPSA) is 44.1 Å². The Balaban J connectivity index is 1.62. The number of methoxy groups -OCH3 is 1. The molecule has 0 spiro atoms. The van der Waals surface area contributed by atoms with E-state index in [2.05, 4.69) is 41.5 Å². The zero-order valence-corrected chi connectivity index (χ0v) is 14.3. The standard InChI is InChI=1S/C21H20N2O2/c1-14-12-13-23(22-14)17-10-8-16(9-11-17)19-18(20(19)21(24)25-2)15-6-4-3-5-7-15/h3-13,18-20H,1-2H3. The Hall–Kier alpha value is -2.88. The average molecular weight is 332 g/mol. The average Bonchev–Trinajstić information content (AvgIpc) is 3.27. The largest absolute Gasteiger partial charge is 0.469 e. The summed E-state index contributed by atoms with van der Waals surface area (Å²) in [6, 6.07) is 20.5. The molecule has 2 aromatic carbocycles. The molecular formula is C21H20N2O2. The van der Waals surface area contributed by atoms with Crippen LogP contribution >= 0.6 is 0 Å². The lowest BCUT2D eigenvalue weighted by Gasteiger charge is -2.04. The zero-order valence-electron chi connectivity index (χ0n) is 14.3. The van der Waals surface area contributed by atoms with Crippen molar-refractivity contribution in [2.24, 2.45) is 5.92 Å². The van der Waals surface area contributed by atoms with Crippen molar-refractivity contribution in [1.29, 1.82) is 0 Å². The molecule has 4 nitrogen and oxygen atoms in total. The summed E-state index contributed by atoms with van der Waals surface area (Å²) in [7, 11) is 1.46. The van der Waals surface area contributed by atoms with E-state index >= 15 is 0 Å². The van der Waals surface area contributed by atoms with Crippen LogP contribution in [0.2, 0.25) is 0 Å². The highest BCUT2D eigenvalue weighted by atomic mass is 16.5. The molecule has 0 N–H and O–H groups in total. The van der Waals surface area contributed by atoms with E-state index in [1.807, 2.05) is 42.1 Å². The molecule has 1 heterocycles. The molecule has 1 saturated carbocycles. The molecule has 3 aromatic rings. The van der Waals surface area contributed by atoms with E-state index in [-0.39, 0.29) is 23.7 Å². The van der Waals surface area contributed by atoms with Crippen molar-refractivity contribution in [2.45, 2.75) is 18.8 Å². The Labute approximate surface area is 147 Å². The molecule has 3 unspecified atom stereocenters. The first-order valence-corrected chi connectivity index (χ1v) is 8.44. The minimum absolute atomic E-state index is 0.106. The summed E-state index contributed by atoms with van der Waals surface area (Å²) in [6.07, 6.45) is 1.95. The van der Waals surface area contributed by atoms with Gasteiger partial charge in [-0.3, -0.25) is 4.79 Å². The highest BCUT2D eigenvalue weighted by Crippen LogP contribution is 2.60. The summed E-state index contributed by atoms with van der Waals surface area (Å²) in [4.78, 5) is 12.2. The van der Waals surface area contributed by atoms with Crippen LogP contribution in [0.3, 0.4) is 0 Å². The molecule has 1 aliphatic rings. The number of hydrogen-bond acceptors (Lipinski definition) is 3. The van der Waals surface area contributed by atoms with Crippen molar-refractivity contribution in [3.8, 4) is 5.69 Å². The minimum Gasteiger partial charge on any atom is -0.469 e. The van der Waals surface area contributed by atoms with E-state index < -0.39 is 0 Å². The fraction of sp³-hybridized carbons (Fsp3) is 0.238. The van der Waals surface area contributed by atoms with Crippen LogP contribution in [0.4, 0.5) is 0 Å². The van der Waals surface area contributed by atoms with E-state index in [0.717, 1.165) is 16.9 Å². The van der Waals surface area contributed by atoms with Gasteiger partial charge in [0.05, 0.1) is 24.4 Å². The molecule has 25 heavy (non-hydrogen) atoms. The predicted molar refractivity (Wildman–Crippen MR) is 95.7 cm³/mol. The maximum absolute atomic E-state index is 12.2. The second kappa shape index (κ2) is 6.20. The van der Waals surface area contributed by atoms with Gasteiger partial charge in [0.15, 0.2) is 0 Å². The maximum atomic E-state index is 12.2. The molecule has 0 aliphatic heterocycles. The monoisotopic (exact) mass is 332 g/mol. The Morgan fingerprint density at radius 3 is 2.16 bits per heavy atom. The van der Waals surface area contributed by atoms with E-state index in [4.69, 9.17) is 4.74 Å². The van der Waals surface area contributed by atoms with E-state index in [9.17, 15) is 4.79 Å². The van der Waals surface area contributed by atoms with Gasteiger partial charge in [0.2, 0.25) is 0 Å². The van der Waals surface area contributed by atoms with Gasteiger partial charge in [0, 0.05) is 18.0 Å². The van der Waals surface area contributed by atoms with Gasteiger partial charge >= 0.3 is 5.97 Å². The lowest BCUT2D eigenvalue weighted by Crippen LogP contribution is -2.05. The third-order valence-electron chi connectivity index (χ3n) is 4.94. The molecule has 0 radical (unpaired) electrons. The quantitative estimate of drug-likeness (QED) is 0.682. The summed E-state index contributed by atoms with van der Waals surface area (Å²) in [6.45, 7) is 1.97. The van der Waals surface area contributed by atoms with Crippen molar-refractivity contribution in [3.63, 3.8) is 0 Å². The van der Waals surface area contributed by atoms with Crippen molar-refractivity contribution >= 4 is 5.97 Å². The number of hydrogen-bond donors (Lipinski definition) is 0. The zero-order chi connectivity index (χ0) is 17.4. The number of aryl methyl sites for hydroxylation is 1. The Kier molecular flexibility index (Phi) is 3.88. The number of aromatic nitrogens is 2. The highest BCUT2D eigenvalue weighted by Gasteiger charge is 2.56. The van der Waals surface area contributed by atoms with Crippen LogP contribution in [0.15, 0.2) is 66.9 Å². The van der Waals surface area contributed by atoms with Crippen LogP contribution < -0.4 is 0 Å². The van der Waals surface area contributed by atoms with Crippen molar-refractivity contribution in [2.75, 3.05) is 7.11 Å². The van der Waals surface area contributed by atoms with Crippen LogP contribution in [0.1, 0.15) is 28.7 Å². The summed E-state index contributed by atoms with van der Waals surface area (Å²) >= 11 is 0. The molecule has 4 heteroatoms. The molecule has 4 rings (SSSR count). The fourth-order valence-corrected chi connectivity index (χ4v) is 3.65. The predicted octanol–water partition coefficient (Wildman–Crippen LogP) is 3.85. The van der Waals surface area contributed by atoms with Gasteiger partial charge < -0.3 is 4.74 Å². The van der Waals surface area contributed by atoms with Gasteiger partial charge in [0.25, 0.3) is 0 Å². The van der Waals surface area contributed by atoms with Gasteiger partial charge in [-0.25, -0.2) is 4.68 Å². The van der Waals surface area contributed by atoms with Gasteiger partial charge in [-0.05, 0) is 36.2 Å². The molecule has 3 atom stereocenters. The Morgan fingerprint density at radius 2 is 1.60 bits per heavy atom. The van der Waals surface area contributed by atoms with Crippen LogP contribution in [0, 0.1) is 12.8 Å². The maximum Gasteiger partial charge on any atom is 0.309 e. The summed E-state index contributed by atoms with van der Waals surface area (Å²) in [5, 5.41) is 4.43. The van der Waals surface area contributed by atoms with Gasteiger partial charge in [-0.2, -0.15) is 5.10 Å². The minimum atomic E-state index is -0.134. The Morgan fingerprint density at radius 1 is 0.960 bits per heavy atom. The molecule has 1 aliphatic carbocycles. The SMILES string of the molecule is COC(=O)C1C(c2ccccc2)C1c1ccc(-n2ccc(C)n2)cc1. The van der Waals surface area contributed by atoms with Crippen molar-refractivity contribution in [1.82, 2.24) is 9.78 Å². The smallest absolute Gasteiger partial charge is 0.309 e. The molecule has 1 aromatic heterocycles. The van der Waals surface area contributed by atoms with Gasteiger partial charge in [0.1, 0.15) is 0 Å². The van der Waals surface area contributed by atoms with Crippen molar-refractivity contribution in [3.05, 3.63) is 83.7 Å². The fourth-order valence-electron chi connectivity index (χ4n) is 3.65. The number of carbonyl (C=O) groups excluding carboxylic acids is 1. The number of esters is 1. The van der Waals surface area contributed by atoms with Crippen molar-refractivity contribution < 1.29 is 9.53 Å². The third-order valence-corrected chi connectivity index (χ3v) is 4.94. The number of rotatable bonds is 4. The van der Waals surface area contributed by atoms with Crippen LogP contribution in [-0.4, -0.2) is 22.9 Å². The number of benzene rings is 2. The highest BCUT2D eigenvalue weighted by molar-refractivity contribution is 5.80. The summed E-state index contributed by atoms with van der Waals surface area (Å²) in [5.74, 6) is 0.116. The third kappa shape index (κ3) is 2.84. The first-order chi connectivity index (χ1) is 12.2. The number of nitrogens with zero attached hydrogens (tertiary/aromatic N) is 2. The van der Waals surface area contributed by atoms with Gasteiger partial charge in [-0.15, -0.1) is 0 Å². The molecule has 0 saturated heterocycles. The lowest BCUT2D eigenvalue weighted by atomic mass is 10.0. The number of carbonyl (C=O) groups is 1. The first kappa shape index (κ1) is 15.6. The molecule has 0 amide bonds. The van der Waals surface area contributed by atoms with Crippen LogP contribution in [-0.2, 0) is 9.53 Å². The van der Waals surface area contributed by atoms with Crippen LogP contribution in [0.25, 0.3) is 5.69 Å². The Bertz CT molecular complexity index is 884.